The van der Waals surface area contributed by atoms with Crippen molar-refractivity contribution in [2.45, 2.75) is 50.4 Å². The van der Waals surface area contributed by atoms with Gasteiger partial charge < -0.3 is 10.2 Å². The minimum absolute atomic E-state index is 0.00770. The largest absolute Gasteiger partial charge is 0.344 e. The van der Waals surface area contributed by atoms with Gasteiger partial charge in [-0.05, 0) is 37.0 Å². The molecule has 0 radical (unpaired) electrons. The van der Waals surface area contributed by atoms with E-state index in [2.05, 4.69) is 22.3 Å². The number of nitrogens with zero attached hydrogens (tertiary/aromatic N) is 2. The van der Waals surface area contributed by atoms with Gasteiger partial charge in [0.05, 0.1) is 0 Å². The van der Waals surface area contributed by atoms with Crippen molar-refractivity contribution in [2.24, 2.45) is 0 Å². The number of nitrogens with one attached hydrogen (secondary N) is 1. The number of likely N-dealkylation sites (tertiary alicyclic amines) is 2. The third kappa shape index (κ3) is 3.03. The molecule has 1 N–H and O–H groups in total. The first-order chi connectivity index (χ1) is 11.6. The van der Waals surface area contributed by atoms with Gasteiger partial charge in [-0.2, -0.15) is 0 Å². The fraction of sp³-hybridized carbons (Fsp3) is 0.556. The smallest absolute Gasteiger partial charge is 0.245 e. The molecule has 0 unspecified atom stereocenters. The summed E-state index contributed by atoms with van der Waals surface area (Å²) in [6.45, 7) is 2.60. The molecule has 0 aliphatic carbocycles. The SMILES string of the molecule is O=C1CCC[C@H](C(=O)N2C[C@@H]3C[C@H]2CN3Cc2ccc(Cl)cc2)N1. The number of fused-ring (bicyclic) bond motifs is 2. The van der Waals surface area contributed by atoms with Gasteiger partial charge in [0.15, 0.2) is 0 Å². The van der Waals surface area contributed by atoms with Gasteiger partial charge in [0.25, 0.3) is 0 Å². The first-order valence-electron chi connectivity index (χ1n) is 8.68. The number of piperidine rings is 1. The van der Waals surface area contributed by atoms with Gasteiger partial charge in [-0.3, -0.25) is 14.5 Å². The molecule has 6 heteroatoms. The van der Waals surface area contributed by atoms with Crippen molar-refractivity contribution < 1.29 is 9.59 Å². The monoisotopic (exact) mass is 347 g/mol. The fourth-order valence-electron chi connectivity index (χ4n) is 4.23. The summed E-state index contributed by atoms with van der Waals surface area (Å²) < 4.78 is 0. The summed E-state index contributed by atoms with van der Waals surface area (Å²) in [5, 5.41) is 3.61. The minimum Gasteiger partial charge on any atom is -0.344 e. The van der Waals surface area contributed by atoms with Crippen LogP contribution < -0.4 is 5.32 Å². The molecule has 3 heterocycles. The van der Waals surface area contributed by atoms with Crippen molar-refractivity contribution in [1.82, 2.24) is 15.1 Å². The van der Waals surface area contributed by atoms with E-state index in [1.54, 1.807) is 0 Å². The molecule has 2 bridgehead atoms. The zero-order valence-electron chi connectivity index (χ0n) is 13.6. The Kier molecular flexibility index (Phi) is 4.22. The van der Waals surface area contributed by atoms with E-state index in [0.717, 1.165) is 43.9 Å². The first-order valence-corrected chi connectivity index (χ1v) is 9.06. The molecule has 0 aromatic heterocycles. The van der Waals surface area contributed by atoms with Crippen molar-refractivity contribution >= 4 is 23.4 Å². The second-order valence-electron chi connectivity index (χ2n) is 7.10. The topological polar surface area (TPSA) is 52.7 Å². The van der Waals surface area contributed by atoms with Gasteiger partial charge >= 0.3 is 0 Å². The predicted octanol–water partition coefficient (Wildman–Crippen LogP) is 1.79. The number of piperazine rings is 1. The summed E-state index contributed by atoms with van der Waals surface area (Å²) in [4.78, 5) is 28.7. The number of halogens is 1. The van der Waals surface area contributed by atoms with E-state index in [-0.39, 0.29) is 23.9 Å². The molecular weight excluding hydrogens is 326 g/mol. The van der Waals surface area contributed by atoms with Crippen LogP contribution in [0.15, 0.2) is 24.3 Å². The molecule has 128 valence electrons. The fourth-order valence-corrected chi connectivity index (χ4v) is 4.35. The third-order valence-corrected chi connectivity index (χ3v) is 5.72. The first kappa shape index (κ1) is 15.9. The molecule has 0 spiro atoms. The van der Waals surface area contributed by atoms with Crippen LogP contribution in [0.25, 0.3) is 0 Å². The summed E-state index contributed by atoms with van der Waals surface area (Å²) in [5.41, 5.74) is 1.25. The van der Waals surface area contributed by atoms with E-state index in [0.29, 0.717) is 12.5 Å². The molecule has 3 aliphatic rings. The third-order valence-electron chi connectivity index (χ3n) is 5.47. The lowest BCUT2D eigenvalue weighted by Gasteiger charge is -2.36. The van der Waals surface area contributed by atoms with Crippen molar-refractivity contribution in [3.63, 3.8) is 0 Å². The van der Waals surface area contributed by atoms with Crippen LogP contribution in [0.5, 0.6) is 0 Å². The highest BCUT2D eigenvalue weighted by atomic mass is 35.5. The number of carbonyl (C=O) groups excluding carboxylic acids is 2. The van der Waals surface area contributed by atoms with E-state index in [9.17, 15) is 9.59 Å². The van der Waals surface area contributed by atoms with Crippen LogP contribution in [-0.4, -0.2) is 52.8 Å². The van der Waals surface area contributed by atoms with Crippen molar-refractivity contribution in [2.75, 3.05) is 13.1 Å². The highest BCUT2D eigenvalue weighted by Gasteiger charge is 2.46. The van der Waals surface area contributed by atoms with Crippen LogP contribution in [0.2, 0.25) is 5.02 Å². The van der Waals surface area contributed by atoms with Gasteiger partial charge in [0, 0.05) is 43.2 Å². The Morgan fingerprint density at radius 2 is 2.00 bits per heavy atom. The predicted molar refractivity (Wildman–Crippen MR) is 91.5 cm³/mol. The minimum atomic E-state index is -0.310. The maximum Gasteiger partial charge on any atom is 0.245 e. The Balaban J connectivity index is 1.36. The van der Waals surface area contributed by atoms with Crippen molar-refractivity contribution in [3.05, 3.63) is 34.9 Å². The van der Waals surface area contributed by atoms with Crippen LogP contribution >= 0.6 is 11.6 Å². The van der Waals surface area contributed by atoms with Crippen LogP contribution in [0.3, 0.4) is 0 Å². The Morgan fingerprint density at radius 1 is 1.21 bits per heavy atom. The lowest BCUT2D eigenvalue weighted by Crippen LogP contribution is -2.55. The van der Waals surface area contributed by atoms with Gasteiger partial charge in [-0.15, -0.1) is 0 Å². The van der Waals surface area contributed by atoms with Gasteiger partial charge in [0.1, 0.15) is 6.04 Å². The van der Waals surface area contributed by atoms with E-state index in [1.165, 1.54) is 5.56 Å². The molecule has 0 saturated carbocycles. The highest BCUT2D eigenvalue weighted by molar-refractivity contribution is 6.30. The maximum atomic E-state index is 12.7. The Labute approximate surface area is 146 Å². The Hall–Kier alpha value is -1.59. The van der Waals surface area contributed by atoms with Gasteiger partial charge in [-0.1, -0.05) is 23.7 Å². The van der Waals surface area contributed by atoms with Crippen LogP contribution in [0.4, 0.5) is 0 Å². The Bertz CT molecular complexity index is 648. The number of amides is 2. The zero-order chi connectivity index (χ0) is 16.7. The summed E-state index contributed by atoms with van der Waals surface area (Å²) in [6.07, 6.45) is 3.17. The van der Waals surface area contributed by atoms with Gasteiger partial charge in [0.2, 0.25) is 11.8 Å². The Morgan fingerprint density at radius 3 is 2.67 bits per heavy atom. The average molecular weight is 348 g/mol. The molecule has 1 aromatic carbocycles. The maximum absolute atomic E-state index is 12.7. The van der Waals surface area contributed by atoms with Crippen molar-refractivity contribution in [3.8, 4) is 0 Å². The molecule has 3 atom stereocenters. The van der Waals surface area contributed by atoms with Crippen LogP contribution in [-0.2, 0) is 16.1 Å². The van der Waals surface area contributed by atoms with E-state index in [4.69, 9.17) is 11.6 Å². The number of rotatable bonds is 3. The number of hydrogen-bond acceptors (Lipinski definition) is 3. The second kappa shape index (κ2) is 6.37. The molecule has 5 nitrogen and oxygen atoms in total. The molecule has 1 aromatic rings. The number of benzene rings is 1. The zero-order valence-corrected chi connectivity index (χ0v) is 14.3. The highest BCUT2D eigenvalue weighted by Crippen LogP contribution is 2.33. The molecule has 3 fully saturated rings. The molecule has 24 heavy (non-hydrogen) atoms. The van der Waals surface area contributed by atoms with E-state index >= 15 is 0 Å². The lowest BCUT2D eigenvalue weighted by atomic mass is 10.0. The quantitative estimate of drug-likeness (QED) is 0.907. The number of hydrogen-bond donors (Lipinski definition) is 1. The molecule has 4 rings (SSSR count). The lowest BCUT2D eigenvalue weighted by molar-refractivity contribution is -0.140. The standard InChI is InChI=1S/C18H22ClN3O2/c19-13-6-4-12(5-7-13)9-21-10-15-8-14(21)11-22(15)18(24)16-2-1-3-17(23)20-16/h4-7,14-16H,1-3,8-11H2,(H,20,23)/t14-,15-,16+/m0/s1. The molecular formula is C18H22ClN3O2. The molecule has 3 saturated heterocycles. The molecule has 2 amide bonds. The summed E-state index contributed by atoms with van der Waals surface area (Å²) in [5.74, 6) is 0.120. The van der Waals surface area contributed by atoms with E-state index < -0.39 is 0 Å². The summed E-state index contributed by atoms with van der Waals surface area (Å²) in [7, 11) is 0. The summed E-state index contributed by atoms with van der Waals surface area (Å²) in [6, 6.07) is 8.38. The molecule has 3 aliphatic heterocycles. The van der Waals surface area contributed by atoms with Crippen molar-refractivity contribution in [1.29, 1.82) is 0 Å². The summed E-state index contributed by atoms with van der Waals surface area (Å²) >= 11 is 5.94. The number of carbonyl (C=O) groups is 2. The van der Waals surface area contributed by atoms with E-state index in [1.807, 2.05) is 17.0 Å². The van der Waals surface area contributed by atoms with Crippen LogP contribution in [0.1, 0.15) is 31.2 Å². The van der Waals surface area contributed by atoms with Gasteiger partial charge in [-0.25, -0.2) is 0 Å². The normalized spacial score (nSPS) is 29.8. The van der Waals surface area contributed by atoms with Crippen LogP contribution in [0, 0.1) is 0 Å². The average Bonchev–Trinajstić information content (AvgIpc) is 3.16. The second-order valence-corrected chi connectivity index (χ2v) is 7.54.